The minimum Gasteiger partial charge on any atom is -0.481 e. The van der Waals surface area contributed by atoms with E-state index in [-0.39, 0.29) is 0 Å². The molecule has 0 radical (unpaired) electrons. The lowest BCUT2D eigenvalue weighted by molar-refractivity contribution is -0.223. The van der Waals surface area contributed by atoms with Crippen LogP contribution in [0, 0.1) is 0 Å². The molecule has 0 bridgehead atoms. The smallest absolute Gasteiger partial charge is 0.300 e. The molecular weight excluding hydrogens is 224 g/mol. The summed E-state index contributed by atoms with van der Waals surface area (Å²) in [4.78, 5) is 9.00. The average Bonchev–Trinajstić information content (AvgIpc) is 2.20. The average molecular weight is 240 g/mol. The number of aliphatic hydroxyl groups is 6. The maximum atomic E-state index is 9.00. The lowest BCUT2D eigenvalue weighted by Crippen LogP contribution is -2.63. The third kappa shape index (κ3) is 3.67. The highest BCUT2D eigenvalue weighted by Gasteiger charge is 2.47. The molecule has 1 aliphatic carbocycles. The highest BCUT2D eigenvalue weighted by atomic mass is 16.4. The zero-order valence-corrected chi connectivity index (χ0v) is 8.50. The van der Waals surface area contributed by atoms with Crippen molar-refractivity contribution in [2.75, 3.05) is 0 Å². The minimum absolute atomic E-state index is 0.833. The molecule has 0 amide bonds. The van der Waals surface area contributed by atoms with Crippen molar-refractivity contribution in [3.8, 4) is 0 Å². The molecule has 8 heteroatoms. The zero-order valence-electron chi connectivity index (χ0n) is 8.50. The number of carboxylic acids is 1. The second-order valence-electron chi connectivity index (χ2n) is 3.46. The Bertz CT molecular complexity index is 170. The van der Waals surface area contributed by atoms with E-state index in [0.29, 0.717) is 0 Å². The van der Waals surface area contributed by atoms with Gasteiger partial charge in [-0.25, -0.2) is 0 Å². The van der Waals surface area contributed by atoms with Crippen LogP contribution < -0.4 is 0 Å². The normalized spacial score (nSPS) is 43.2. The fourth-order valence-corrected chi connectivity index (χ4v) is 1.21. The van der Waals surface area contributed by atoms with E-state index in [1.54, 1.807) is 0 Å². The first kappa shape index (κ1) is 15.2. The minimum atomic E-state index is -1.64. The second kappa shape index (κ2) is 6.09. The quantitative estimate of drug-likeness (QED) is 0.227. The molecule has 1 rings (SSSR count). The summed E-state index contributed by atoms with van der Waals surface area (Å²) in [7, 11) is 0. The highest BCUT2D eigenvalue weighted by molar-refractivity contribution is 5.62. The molecule has 0 unspecified atom stereocenters. The van der Waals surface area contributed by atoms with Crippen LogP contribution in [0.1, 0.15) is 6.92 Å². The molecule has 0 aromatic rings. The van der Waals surface area contributed by atoms with Crippen LogP contribution in [0.15, 0.2) is 0 Å². The molecule has 0 aromatic carbocycles. The monoisotopic (exact) mass is 240 g/mol. The molecule has 1 aliphatic rings. The van der Waals surface area contributed by atoms with E-state index in [9.17, 15) is 0 Å². The van der Waals surface area contributed by atoms with E-state index in [1.165, 1.54) is 0 Å². The summed E-state index contributed by atoms with van der Waals surface area (Å²) in [5.41, 5.74) is 0. The summed E-state index contributed by atoms with van der Waals surface area (Å²) in [6.07, 6.45) is -9.84. The molecule has 0 heterocycles. The Morgan fingerprint density at radius 3 is 0.812 bits per heavy atom. The van der Waals surface area contributed by atoms with Crippen molar-refractivity contribution >= 4 is 5.97 Å². The second-order valence-corrected chi connectivity index (χ2v) is 3.46. The van der Waals surface area contributed by atoms with Gasteiger partial charge in [0.2, 0.25) is 0 Å². The standard InChI is InChI=1S/C6H12O6.C2H4O2/c7-1-2(8)4(10)6(12)5(11)3(1)9;1-2(3)4/h1-12H;1H3,(H,3,4). The largest absolute Gasteiger partial charge is 0.481 e. The summed E-state index contributed by atoms with van der Waals surface area (Å²) < 4.78 is 0. The third-order valence-corrected chi connectivity index (χ3v) is 2.10. The predicted octanol–water partition coefficient (Wildman–Crippen LogP) is -3.74. The molecule has 0 spiro atoms. The van der Waals surface area contributed by atoms with Crippen molar-refractivity contribution in [1.29, 1.82) is 0 Å². The lowest BCUT2D eigenvalue weighted by Gasteiger charge is -2.39. The highest BCUT2D eigenvalue weighted by Crippen LogP contribution is 2.20. The van der Waals surface area contributed by atoms with Crippen LogP contribution in [0.5, 0.6) is 0 Å². The molecule has 7 N–H and O–H groups in total. The molecule has 16 heavy (non-hydrogen) atoms. The van der Waals surface area contributed by atoms with Gasteiger partial charge in [-0.15, -0.1) is 0 Å². The van der Waals surface area contributed by atoms with Crippen molar-refractivity contribution < 1.29 is 40.5 Å². The van der Waals surface area contributed by atoms with Crippen LogP contribution in [-0.2, 0) is 4.79 Å². The maximum Gasteiger partial charge on any atom is 0.300 e. The molecule has 96 valence electrons. The lowest BCUT2D eigenvalue weighted by atomic mass is 9.85. The summed E-state index contributed by atoms with van der Waals surface area (Å²) >= 11 is 0. The van der Waals surface area contributed by atoms with Crippen LogP contribution in [0.3, 0.4) is 0 Å². The van der Waals surface area contributed by atoms with E-state index >= 15 is 0 Å². The number of aliphatic hydroxyl groups excluding tert-OH is 6. The Balaban J connectivity index is 0.000000487. The van der Waals surface area contributed by atoms with Crippen LogP contribution in [0.25, 0.3) is 0 Å². The third-order valence-electron chi connectivity index (χ3n) is 2.10. The fourth-order valence-electron chi connectivity index (χ4n) is 1.21. The predicted molar refractivity (Wildman–Crippen MR) is 49.4 cm³/mol. The van der Waals surface area contributed by atoms with Gasteiger partial charge in [0.15, 0.2) is 0 Å². The van der Waals surface area contributed by atoms with Gasteiger partial charge in [-0.1, -0.05) is 0 Å². The van der Waals surface area contributed by atoms with Crippen molar-refractivity contribution in [2.45, 2.75) is 43.5 Å². The first-order valence-corrected chi connectivity index (χ1v) is 4.48. The van der Waals surface area contributed by atoms with Gasteiger partial charge >= 0.3 is 0 Å². The number of hydrogen-bond acceptors (Lipinski definition) is 7. The summed E-state index contributed by atoms with van der Waals surface area (Å²) in [5.74, 6) is -0.833. The van der Waals surface area contributed by atoms with Gasteiger partial charge < -0.3 is 35.7 Å². The van der Waals surface area contributed by atoms with E-state index in [4.69, 9.17) is 40.5 Å². The van der Waals surface area contributed by atoms with Gasteiger partial charge in [-0.3, -0.25) is 4.79 Å². The Labute approximate surface area is 91.0 Å². The van der Waals surface area contributed by atoms with Gasteiger partial charge in [-0.2, -0.15) is 0 Å². The van der Waals surface area contributed by atoms with Gasteiger partial charge in [0.25, 0.3) is 5.97 Å². The van der Waals surface area contributed by atoms with Crippen molar-refractivity contribution in [3.63, 3.8) is 0 Å². The van der Waals surface area contributed by atoms with Crippen LogP contribution in [-0.4, -0.2) is 78.3 Å². The number of hydrogen-bond donors (Lipinski definition) is 7. The van der Waals surface area contributed by atoms with Crippen LogP contribution in [0.2, 0.25) is 0 Å². The molecule has 0 aliphatic heterocycles. The van der Waals surface area contributed by atoms with Crippen molar-refractivity contribution in [2.24, 2.45) is 0 Å². The van der Waals surface area contributed by atoms with E-state index in [2.05, 4.69) is 0 Å². The first-order valence-electron chi connectivity index (χ1n) is 4.48. The molecule has 0 saturated heterocycles. The molecule has 0 aromatic heterocycles. The Morgan fingerprint density at radius 2 is 0.750 bits per heavy atom. The van der Waals surface area contributed by atoms with Gasteiger partial charge in [0.1, 0.15) is 36.6 Å². The molecule has 1 saturated carbocycles. The Kier molecular flexibility index (Phi) is 5.79. The van der Waals surface area contributed by atoms with E-state index in [0.717, 1.165) is 6.92 Å². The van der Waals surface area contributed by atoms with Crippen LogP contribution in [0.4, 0.5) is 0 Å². The Hall–Kier alpha value is -0.770. The maximum absolute atomic E-state index is 9.00. The number of carbonyl (C=O) groups is 1. The molecule has 8 nitrogen and oxygen atoms in total. The van der Waals surface area contributed by atoms with Crippen LogP contribution >= 0.6 is 0 Å². The zero-order chi connectivity index (χ0) is 13.0. The van der Waals surface area contributed by atoms with E-state index in [1.807, 2.05) is 0 Å². The fraction of sp³-hybridized carbons (Fsp3) is 0.875. The Morgan fingerprint density at radius 1 is 0.688 bits per heavy atom. The topological polar surface area (TPSA) is 159 Å². The van der Waals surface area contributed by atoms with Gasteiger partial charge in [-0.05, 0) is 0 Å². The summed E-state index contributed by atoms with van der Waals surface area (Å²) in [6.45, 7) is 1.08. The van der Waals surface area contributed by atoms with Crippen molar-refractivity contribution in [1.82, 2.24) is 0 Å². The van der Waals surface area contributed by atoms with Crippen molar-refractivity contribution in [3.05, 3.63) is 0 Å². The number of rotatable bonds is 0. The first-order chi connectivity index (χ1) is 7.20. The molecule has 1 fully saturated rings. The SMILES string of the molecule is CC(=O)O.OC1C(O)C(O)C(O)C(O)C1O. The summed E-state index contributed by atoms with van der Waals surface area (Å²) in [5, 5.41) is 61.3. The molecular formula is C8H16O8. The van der Waals surface area contributed by atoms with E-state index < -0.39 is 42.6 Å². The number of aliphatic carboxylic acids is 1. The summed E-state index contributed by atoms with van der Waals surface area (Å²) in [6, 6.07) is 0. The number of carboxylic acid groups (broad SMARTS) is 1. The molecule has 0 atom stereocenters. The van der Waals surface area contributed by atoms with Gasteiger partial charge in [0.05, 0.1) is 0 Å². The van der Waals surface area contributed by atoms with Gasteiger partial charge in [0, 0.05) is 6.92 Å².